The lowest BCUT2D eigenvalue weighted by molar-refractivity contribution is 0.447. The molecule has 0 atom stereocenters. The third kappa shape index (κ3) is 2.28. The van der Waals surface area contributed by atoms with Crippen molar-refractivity contribution < 1.29 is 10.2 Å². The number of fused-ring (bicyclic) bond motifs is 1. The molecule has 4 rings (SSSR count). The van der Waals surface area contributed by atoms with E-state index in [4.69, 9.17) is 0 Å². The van der Waals surface area contributed by atoms with Gasteiger partial charge in [-0.1, -0.05) is 13.0 Å². The van der Waals surface area contributed by atoms with Gasteiger partial charge >= 0.3 is 5.69 Å². The normalized spacial score (nSPS) is 11.2. The zero-order chi connectivity index (χ0) is 17.6. The Morgan fingerprint density at radius 2 is 2.00 bits per heavy atom. The number of rotatable bonds is 3. The van der Waals surface area contributed by atoms with Gasteiger partial charge in [0, 0.05) is 23.2 Å². The fraction of sp³-hybridized carbons (Fsp3) is 0.111. The third-order valence-electron chi connectivity index (χ3n) is 4.30. The van der Waals surface area contributed by atoms with Crippen molar-refractivity contribution >= 4 is 10.9 Å². The number of aromatic amines is 2. The molecule has 25 heavy (non-hydrogen) atoms. The second-order valence-corrected chi connectivity index (χ2v) is 5.76. The minimum Gasteiger partial charge on any atom is -0.508 e. The maximum Gasteiger partial charge on any atom is 0.348 e. The van der Waals surface area contributed by atoms with Gasteiger partial charge in [-0.15, -0.1) is 0 Å². The largest absolute Gasteiger partial charge is 0.508 e. The zero-order valence-corrected chi connectivity index (χ0v) is 13.4. The molecule has 0 aliphatic carbocycles. The Labute approximate surface area is 142 Å². The molecule has 0 saturated carbocycles. The van der Waals surface area contributed by atoms with Crippen LogP contribution in [0.1, 0.15) is 12.5 Å². The number of H-pyrrole nitrogens is 2. The molecule has 0 fully saturated rings. The highest BCUT2D eigenvalue weighted by Crippen LogP contribution is 2.35. The van der Waals surface area contributed by atoms with Gasteiger partial charge in [-0.2, -0.15) is 5.10 Å². The van der Waals surface area contributed by atoms with Crippen LogP contribution in [0.25, 0.3) is 28.0 Å². The van der Waals surface area contributed by atoms with Gasteiger partial charge in [0.05, 0.1) is 11.3 Å². The maximum atomic E-state index is 12.4. The lowest BCUT2D eigenvalue weighted by Crippen LogP contribution is -2.16. The van der Waals surface area contributed by atoms with E-state index in [2.05, 4.69) is 15.2 Å². The van der Waals surface area contributed by atoms with Crippen molar-refractivity contribution in [3.63, 3.8) is 0 Å². The molecule has 126 valence electrons. The fourth-order valence-corrected chi connectivity index (χ4v) is 3.05. The van der Waals surface area contributed by atoms with E-state index in [1.165, 1.54) is 10.6 Å². The molecule has 7 heteroatoms. The number of benzene rings is 2. The van der Waals surface area contributed by atoms with Crippen LogP contribution in [0.5, 0.6) is 11.5 Å². The Bertz CT molecular complexity index is 1140. The van der Waals surface area contributed by atoms with E-state index < -0.39 is 5.69 Å². The quantitative estimate of drug-likeness (QED) is 0.461. The van der Waals surface area contributed by atoms with Gasteiger partial charge in [0.1, 0.15) is 11.5 Å². The van der Waals surface area contributed by atoms with Gasteiger partial charge in [-0.3, -0.25) is 0 Å². The van der Waals surface area contributed by atoms with E-state index in [0.29, 0.717) is 23.2 Å². The number of phenols is 2. The van der Waals surface area contributed by atoms with E-state index in [1.54, 1.807) is 12.3 Å². The van der Waals surface area contributed by atoms with E-state index in [9.17, 15) is 15.0 Å². The minimum absolute atomic E-state index is 0.0147. The number of aromatic nitrogens is 4. The summed E-state index contributed by atoms with van der Waals surface area (Å²) >= 11 is 0. The highest BCUT2D eigenvalue weighted by atomic mass is 16.3. The molecule has 4 N–H and O–H groups in total. The molecular weight excluding hydrogens is 320 g/mol. The van der Waals surface area contributed by atoms with Crippen LogP contribution in [0.2, 0.25) is 0 Å². The number of hydrogen-bond acceptors (Lipinski definition) is 4. The molecule has 0 aliphatic heterocycles. The Kier molecular flexibility index (Phi) is 3.35. The fourth-order valence-electron chi connectivity index (χ4n) is 3.05. The molecule has 7 nitrogen and oxygen atoms in total. The topological polar surface area (TPSA) is 107 Å². The number of hydrogen-bond donors (Lipinski definition) is 4. The summed E-state index contributed by atoms with van der Waals surface area (Å²) in [6, 6.07) is 10.4. The predicted molar refractivity (Wildman–Crippen MR) is 94.2 cm³/mol. The van der Waals surface area contributed by atoms with Crippen LogP contribution in [0.3, 0.4) is 0 Å². The van der Waals surface area contributed by atoms with Crippen molar-refractivity contribution in [1.82, 2.24) is 19.7 Å². The van der Waals surface area contributed by atoms with Gasteiger partial charge < -0.3 is 15.2 Å². The molecule has 0 bridgehead atoms. The zero-order valence-electron chi connectivity index (χ0n) is 13.4. The van der Waals surface area contributed by atoms with Crippen LogP contribution in [0, 0.1) is 0 Å². The second-order valence-electron chi connectivity index (χ2n) is 5.76. The van der Waals surface area contributed by atoms with Crippen LogP contribution in [0.4, 0.5) is 0 Å². The Hall–Kier alpha value is -3.48. The smallest absolute Gasteiger partial charge is 0.348 e. The Balaban J connectivity index is 2.02. The highest BCUT2D eigenvalue weighted by molar-refractivity contribution is 5.88. The molecule has 0 saturated heterocycles. The first-order valence-electron chi connectivity index (χ1n) is 7.89. The van der Waals surface area contributed by atoms with E-state index in [-0.39, 0.29) is 17.3 Å². The molecule has 0 aliphatic rings. The minimum atomic E-state index is -0.408. The Morgan fingerprint density at radius 1 is 1.16 bits per heavy atom. The standard InChI is InChI=1S/C18H16N4O3/c1-2-10-8-12(16(24)9-15(10)23)17-20-21-18(25)22(17)14-5-3-4-13-11(14)6-7-19-13/h3-9,19,23-24H,2H2,1H3,(H,21,25). The molecule has 0 radical (unpaired) electrons. The third-order valence-corrected chi connectivity index (χ3v) is 4.30. The SMILES string of the molecule is CCc1cc(-c2n[nH]c(=O)n2-c2cccc3[nH]ccc23)c(O)cc1O. The van der Waals surface area contributed by atoms with Crippen LogP contribution in [-0.4, -0.2) is 30.0 Å². The van der Waals surface area contributed by atoms with Crippen LogP contribution in [0.15, 0.2) is 47.4 Å². The summed E-state index contributed by atoms with van der Waals surface area (Å²) < 4.78 is 1.42. The lowest BCUT2D eigenvalue weighted by atomic mass is 10.1. The van der Waals surface area contributed by atoms with Crippen molar-refractivity contribution in [2.75, 3.05) is 0 Å². The molecule has 2 heterocycles. The summed E-state index contributed by atoms with van der Waals surface area (Å²) in [6.45, 7) is 1.90. The van der Waals surface area contributed by atoms with Crippen LogP contribution in [-0.2, 0) is 6.42 Å². The van der Waals surface area contributed by atoms with Crippen molar-refractivity contribution in [3.05, 3.63) is 58.6 Å². The van der Waals surface area contributed by atoms with E-state index in [1.807, 2.05) is 31.2 Å². The summed E-state index contributed by atoms with van der Waals surface area (Å²) in [5.74, 6) is 0.156. The van der Waals surface area contributed by atoms with Gasteiger partial charge in [-0.25, -0.2) is 14.5 Å². The summed E-state index contributed by atoms with van der Waals surface area (Å²) in [6.07, 6.45) is 2.38. The van der Waals surface area contributed by atoms with Crippen LogP contribution >= 0.6 is 0 Å². The molecule has 2 aromatic heterocycles. The average molecular weight is 336 g/mol. The molecular formula is C18H16N4O3. The summed E-state index contributed by atoms with van der Waals surface area (Å²) in [5.41, 5.74) is 2.17. The van der Waals surface area contributed by atoms with Crippen molar-refractivity contribution in [1.29, 1.82) is 0 Å². The number of nitrogens with zero attached hydrogens (tertiary/aromatic N) is 2. The lowest BCUT2D eigenvalue weighted by Gasteiger charge is -2.11. The van der Waals surface area contributed by atoms with E-state index >= 15 is 0 Å². The van der Waals surface area contributed by atoms with Gasteiger partial charge in [-0.05, 0) is 36.2 Å². The number of aryl methyl sites for hydroxylation is 1. The Morgan fingerprint density at radius 3 is 2.80 bits per heavy atom. The van der Waals surface area contributed by atoms with Crippen LogP contribution < -0.4 is 5.69 Å². The highest BCUT2D eigenvalue weighted by Gasteiger charge is 2.19. The predicted octanol–water partition coefficient (Wildman–Crippen LogP) is 2.68. The van der Waals surface area contributed by atoms with Gasteiger partial charge in [0.2, 0.25) is 0 Å². The number of phenolic OH excluding ortho intramolecular Hbond substituents is 2. The first-order valence-corrected chi connectivity index (χ1v) is 7.89. The van der Waals surface area contributed by atoms with Crippen molar-refractivity contribution in [3.8, 4) is 28.6 Å². The average Bonchev–Trinajstić information content (AvgIpc) is 3.21. The molecule has 0 unspecified atom stereocenters. The van der Waals surface area contributed by atoms with Gasteiger partial charge in [0.15, 0.2) is 5.82 Å². The number of nitrogens with one attached hydrogen (secondary N) is 2. The summed E-state index contributed by atoms with van der Waals surface area (Å²) in [4.78, 5) is 15.5. The molecule has 4 aromatic rings. The summed E-state index contributed by atoms with van der Waals surface area (Å²) in [7, 11) is 0. The first kappa shape index (κ1) is 15.1. The first-order chi connectivity index (χ1) is 12.1. The van der Waals surface area contributed by atoms with E-state index in [0.717, 1.165) is 10.9 Å². The molecule has 2 aromatic carbocycles. The van der Waals surface area contributed by atoms with Crippen molar-refractivity contribution in [2.24, 2.45) is 0 Å². The molecule has 0 amide bonds. The number of aromatic hydroxyl groups is 2. The maximum absolute atomic E-state index is 12.4. The summed E-state index contributed by atoms with van der Waals surface area (Å²) in [5, 5.41) is 27.6. The molecule has 0 spiro atoms. The van der Waals surface area contributed by atoms with Crippen molar-refractivity contribution in [2.45, 2.75) is 13.3 Å². The van der Waals surface area contributed by atoms with Gasteiger partial charge in [0.25, 0.3) is 0 Å². The monoisotopic (exact) mass is 336 g/mol. The second kappa shape index (κ2) is 5.55.